The summed E-state index contributed by atoms with van der Waals surface area (Å²) in [5.74, 6) is 0.863. The number of hydrogen-bond acceptors (Lipinski definition) is 8. The first-order valence-corrected chi connectivity index (χ1v) is 18.7. The molecular formula is C39H38Cl2N8O6. The van der Waals surface area contributed by atoms with Crippen molar-refractivity contribution in [2.75, 3.05) is 26.7 Å². The molecule has 0 saturated carbocycles. The van der Waals surface area contributed by atoms with E-state index in [0.29, 0.717) is 86.3 Å². The van der Waals surface area contributed by atoms with Gasteiger partial charge in [-0.15, -0.1) is 0 Å². The van der Waals surface area contributed by atoms with Crippen molar-refractivity contribution < 1.29 is 24.2 Å². The van der Waals surface area contributed by atoms with Crippen LogP contribution >= 0.6 is 23.2 Å². The van der Waals surface area contributed by atoms with Crippen LogP contribution in [0.1, 0.15) is 37.1 Å². The highest BCUT2D eigenvalue weighted by Crippen LogP contribution is 2.43. The summed E-state index contributed by atoms with van der Waals surface area (Å²) in [6, 6.07) is 16.2. The monoisotopic (exact) mass is 784 g/mol. The lowest BCUT2D eigenvalue weighted by molar-refractivity contribution is -0.121. The summed E-state index contributed by atoms with van der Waals surface area (Å²) in [5, 5.41) is 21.4. The summed E-state index contributed by atoms with van der Waals surface area (Å²) >= 11 is 14.2. The van der Waals surface area contributed by atoms with Gasteiger partial charge in [0.15, 0.2) is 0 Å². The standard InChI is InChI=1S/C39H38Cl2N8O6/c1-46-31(19-47-20-39(21-47)14-13-33(51)44-39)45-49-17-23(15-30(49)37(46)52)25-5-3-6-26(34(25)40)27-7-4-8-28(35(27)41)29-11-9-22(36(43-29)55-2)16-48(38(53)54)18-24-10-12-32(50)42-24/h3-9,11,15,17,24H,10,12-14,16,18-21H2,1-2H3,(H,42,50)(H,44,51)(H,53,54)/t24-/m0/s1. The van der Waals surface area contributed by atoms with Crippen LogP contribution in [0.15, 0.2) is 65.6 Å². The molecule has 0 unspecified atom stereocenters. The SMILES string of the molecule is COc1nc(-c2cccc(-c3cccc(-c4cc5c(=O)n(C)c(CN6CC7(CCC(=O)N7)C6)nn5c4)c3Cl)c2Cl)ccc1CN(C[C@@H]1CCC(=O)N1)C(=O)O. The highest BCUT2D eigenvalue weighted by atomic mass is 35.5. The quantitative estimate of drug-likeness (QED) is 0.178. The maximum absolute atomic E-state index is 13.5. The molecule has 8 rings (SSSR count). The normalized spacial score (nSPS) is 17.7. The third-order valence-electron chi connectivity index (χ3n) is 10.8. The van der Waals surface area contributed by atoms with E-state index in [1.165, 1.54) is 12.0 Å². The second-order valence-electron chi connectivity index (χ2n) is 14.5. The summed E-state index contributed by atoms with van der Waals surface area (Å²) < 4.78 is 8.76. The van der Waals surface area contributed by atoms with Gasteiger partial charge in [-0.05, 0) is 31.0 Å². The van der Waals surface area contributed by atoms with Gasteiger partial charge in [0.05, 0.1) is 41.5 Å². The first kappa shape index (κ1) is 36.5. The zero-order chi connectivity index (χ0) is 38.6. The van der Waals surface area contributed by atoms with Crippen LogP contribution in [0.2, 0.25) is 10.0 Å². The van der Waals surface area contributed by atoms with Gasteiger partial charge >= 0.3 is 6.09 Å². The molecule has 1 spiro atoms. The number of likely N-dealkylation sites (tertiary alicyclic amines) is 1. The second-order valence-corrected chi connectivity index (χ2v) is 15.2. The van der Waals surface area contributed by atoms with Gasteiger partial charge < -0.3 is 25.4 Å². The van der Waals surface area contributed by atoms with Gasteiger partial charge in [0.25, 0.3) is 5.56 Å². The molecule has 0 bridgehead atoms. The Morgan fingerprint density at radius 2 is 1.71 bits per heavy atom. The molecule has 3 fully saturated rings. The number of rotatable bonds is 10. The van der Waals surface area contributed by atoms with Crippen LogP contribution in [0.5, 0.6) is 5.88 Å². The minimum atomic E-state index is -1.11. The molecular weight excluding hydrogens is 747 g/mol. The van der Waals surface area contributed by atoms with Crippen LogP contribution < -0.4 is 20.9 Å². The van der Waals surface area contributed by atoms with E-state index >= 15 is 0 Å². The highest BCUT2D eigenvalue weighted by molar-refractivity contribution is 6.39. The number of amides is 3. The highest BCUT2D eigenvalue weighted by Gasteiger charge is 2.47. The van der Waals surface area contributed by atoms with Crippen molar-refractivity contribution in [3.63, 3.8) is 0 Å². The molecule has 55 heavy (non-hydrogen) atoms. The zero-order valence-electron chi connectivity index (χ0n) is 30.1. The number of aromatic nitrogens is 4. The molecule has 1 atom stereocenters. The number of carboxylic acid groups (broad SMARTS) is 1. The van der Waals surface area contributed by atoms with E-state index < -0.39 is 6.09 Å². The van der Waals surface area contributed by atoms with Crippen LogP contribution in [0.3, 0.4) is 0 Å². The largest absolute Gasteiger partial charge is 0.481 e. The van der Waals surface area contributed by atoms with Gasteiger partial charge in [-0.3, -0.25) is 23.9 Å². The minimum Gasteiger partial charge on any atom is -0.481 e. The summed E-state index contributed by atoms with van der Waals surface area (Å²) in [7, 11) is 3.19. The molecule has 3 amide bonds. The van der Waals surface area contributed by atoms with Crippen molar-refractivity contribution >= 4 is 46.6 Å². The van der Waals surface area contributed by atoms with E-state index in [4.69, 9.17) is 38.0 Å². The van der Waals surface area contributed by atoms with Crippen LogP contribution in [0, 0.1) is 0 Å². The van der Waals surface area contributed by atoms with E-state index in [1.54, 1.807) is 40.5 Å². The summed E-state index contributed by atoms with van der Waals surface area (Å²) in [6.07, 6.45) is 3.00. The van der Waals surface area contributed by atoms with Gasteiger partial charge in [-0.25, -0.2) is 14.3 Å². The second kappa shape index (κ2) is 14.3. The Balaban J connectivity index is 1.05. The van der Waals surface area contributed by atoms with E-state index in [1.807, 2.05) is 36.4 Å². The maximum atomic E-state index is 13.5. The molecule has 3 saturated heterocycles. The number of hydrogen-bond donors (Lipinski definition) is 3. The molecule has 3 N–H and O–H groups in total. The topological polar surface area (TPSA) is 163 Å². The molecule has 3 aliphatic heterocycles. The van der Waals surface area contributed by atoms with Crippen molar-refractivity contribution in [2.45, 2.75) is 50.4 Å². The summed E-state index contributed by atoms with van der Waals surface area (Å²) in [4.78, 5) is 57.2. The number of carbonyl (C=O) groups is 3. The molecule has 2 aromatic carbocycles. The number of carbonyl (C=O) groups excluding carboxylic acids is 2. The predicted molar refractivity (Wildman–Crippen MR) is 206 cm³/mol. The van der Waals surface area contributed by atoms with Gasteiger partial charge in [-0.2, -0.15) is 5.10 Å². The maximum Gasteiger partial charge on any atom is 0.407 e. The Labute approximate surface area is 325 Å². The van der Waals surface area contributed by atoms with Crippen molar-refractivity contribution in [2.24, 2.45) is 7.05 Å². The van der Waals surface area contributed by atoms with E-state index in [0.717, 1.165) is 19.5 Å². The lowest BCUT2D eigenvalue weighted by Crippen LogP contribution is -2.66. The van der Waals surface area contributed by atoms with Crippen molar-refractivity contribution in [1.29, 1.82) is 0 Å². The Hall–Kier alpha value is -5.44. The van der Waals surface area contributed by atoms with Crippen LogP contribution in [-0.2, 0) is 29.7 Å². The van der Waals surface area contributed by atoms with E-state index in [9.17, 15) is 24.3 Å². The fourth-order valence-corrected chi connectivity index (χ4v) is 8.57. The number of benzene rings is 2. The lowest BCUT2D eigenvalue weighted by atomic mass is 9.88. The smallest absolute Gasteiger partial charge is 0.407 e. The third-order valence-corrected chi connectivity index (χ3v) is 11.6. The van der Waals surface area contributed by atoms with Gasteiger partial charge in [0.2, 0.25) is 17.7 Å². The zero-order valence-corrected chi connectivity index (χ0v) is 31.7. The molecule has 16 heteroatoms. The average Bonchev–Trinajstić information content (AvgIpc) is 3.88. The molecule has 0 aliphatic carbocycles. The lowest BCUT2D eigenvalue weighted by Gasteiger charge is -2.47. The Morgan fingerprint density at radius 1 is 1.00 bits per heavy atom. The first-order chi connectivity index (χ1) is 26.4. The molecule has 0 radical (unpaired) electrons. The summed E-state index contributed by atoms with van der Waals surface area (Å²) in [5.41, 5.74) is 4.50. The molecule has 284 valence electrons. The Kier molecular flexibility index (Phi) is 9.52. The molecule has 5 aromatic rings. The van der Waals surface area contributed by atoms with Crippen molar-refractivity contribution in [3.05, 3.63) is 92.6 Å². The fraction of sp³-hybridized carbons (Fsp3) is 0.333. The predicted octanol–water partition coefficient (Wildman–Crippen LogP) is 4.97. The summed E-state index contributed by atoms with van der Waals surface area (Å²) in [6.45, 7) is 2.09. The van der Waals surface area contributed by atoms with Crippen molar-refractivity contribution in [3.8, 4) is 39.4 Å². The Morgan fingerprint density at radius 3 is 2.36 bits per heavy atom. The molecule has 14 nitrogen and oxygen atoms in total. The Bertz CT molecular complexity index is 2440. The molecule has 3 aromatic heterocycles. The number of ether oxygens (including phenoxy) is 1. The van der Waals surface area contributed by atoms with E-state index in [2.05, 4.69) is 15.5 Å². The number of nitrogens with one attached hydrogen (secondary N) is 2. The van der Waals surface area contributed by atoms with Crippen LogP contribution in [0.25, 0.3) is 39.0 Å². The van der Waals surface area contributed by atoms with Crippen LogP contribution in [-0.4, -0.2) is 90.3 Å². The average molecular weight is 786 g/mol. The van der Waals surface area contributed by atoms with Crippen molar-refractivity contribution in [1.82, 2.24) is 39.6 Å². The minimum absolute atomic E-state index is 0.0201. The van der Waals surface area contributed by atoms with Crippen LogP contribution in [0.4, 0.5) is 4.79 Å². The third kappa shape index (κ3) is 6.90. The number of nitrogens with zero attached hydrogens (tertiary/aromatic N) is 6. The number of methoxy groups -OCH3 is 1. The van der Waals surface area contributed by atoms with Gasteiger partial charge in [-0.1, -0.05) is 59.6 Å². The van der Waals surface area contributed by atoms with Gasteiger partial charge in [0.1, 0.15) is 11.3 Å². The first-order valence-electron chi connectivity index (χ1n) is 17.9. The number of halogens is 2. The van der Waals surface area contributed by atoms with E-state index in [-0.39, 0.29) is 47.9 Å². The number of fused-ring (bicyclic) bond motifs is 1. The molecule has 6 heterocycles. The molecule has 3 aliphatic rings. The number of pyridine rings is 1. The van der Waals surface area contributed by atoms with Gasteiger partial charge in [0, 0.05) is 85.1 Å². The fourth-order valence-electron chi connectivity index (χ4n) is 7.91.